The summed E-state index contributed by atoms with van der Waals surface area (Å²) in [6.07, 6.45) is 14.3. The van der Waals surface area contributed by atoms with E-state index in [1.54, 1.807) is 6.92 Å². The number of rotatable bonds is 6. The van der Waals surface area contributed by atoms with E-state index in [1.165, 1.54) is 37.7 Å². The average Bonchev–Trinajstić information content (AvgIpc) is 3.16. The lowest BCUT2D eigenvalue weighted by Gasteiger charge is -2.58. The van der Waals surface area contributed by atoms with Gasteiger partial charge in [-0.2, -0.15) is 5.26 Å². The lowest BCUT2D eigenvalue weighted by Crippen LogP contribution is -2.50. The Labute approximate surface area is 200 Å². The van der Waals surface area contributed by atoms with Gasteiger partial charge in [-0.15, -0.1) is 0 Å². The highest BCUT2D eigenvalue weighted by atomic mass is 17.1. The first kappa shape index (κ1) is 24.7. The third kappa shape index (κ3) is 4.15. The second-order valence-corrected chi connectivity index (χ2v) is 12.2. The van der Waals surface area contributed by atoms with E-state index in [9.17, 15) is 9.59 Å². The van der Waals surface area contributed by atoms with Gasteiger partial charge < -0.3 is 0 Å². The molecule has 0 heterocycles. The van der Waals surface area contributed by atoms with Crippen molar-refractivity contribution in [2.75, 3.05) is 0 Å². The van der Waals surface area contributed by atoms with E-state index in [2.05, 4.69) is 32.6 Å². The van der Waals surface area contributed by atoms with Gasteiger partial charge in [-0.1, -0.05) is 38.8 Å². The van der Waals surface area contributed by atoms with Crippen LogP contribution >= 0.6 is 0 Å². The van der Waals surface area contributed by atoms with Gasteiger partial charge in [0.1, 0.15) is 0 Å². The van der Waals surface area contributed by atoms with Gasteiger partial charge >= 0.3 is 5.97 Å². The summed E-state index contributed by atoms with van der Waals surface area (Å²) in [6, 6.07) is 0. The molecule has 4 aliphatic carbocycles. The van der Waals surface area contributed by atoms with Crippen molar-refractivity contribution in [3.63, 3.8) is 0 Å². The predicted octanol–water partition coefficient (Wildman–Crippen LogP) is 7.29. The normalized spacial score (nSPS) is 39.6. The molecule has 3 saturated carbocycles. The van der Waals surface area contributed by atoms with Crippen molar-refractivity contribution in [2.45, 2.75) is 105 Å². The van der Waals surface area contributed by atoms with Crippen LogP contribution in [0.1, 0.15) is 105 Å². The first-order chi connectivity index (χ1) is 15.7. The van der Waals surface area contributed by atoms with E-state index >= 15 is 0 Å². The molecular weight excluding hydrogens is 412 g/mol. The molecule has 4 heteroatoms. The van der Waals surface area contributed by atoms with Gasteiger partial charge in [-0.05, 0) is 118 Å². The van der Waals surface area contributed by atoms with Crippen molar-refractivity contribution in [1.82, 2.24) is 0 Å². The van der Waals surface area contributed by atoms with Crippen LogP contribution in [-0.2, 0) is 14.5 Å². The second kappa shape index (κ2) is 9.32. The van der Waals surface area contributed by atoms with Gasteiger partial charge in [0.15, 0.2) is 5.78 Å². The van der Waals surface area contributed by atoms with Crippen molar-refractivity contribution < 1.29 is 19.7 Å². The van der Waals surface area contributed by atoms with Gasteiger partial charge in [0.25, 0.3) is 0 Å². The van der Waals surface area contributed by atoms with Crippen LogP contribution in [0.2, 0.25) is 0 Å². The molecule has 0 radical (unpaired) electrons. The molecule has 4 nitrogen and oxygen atoms in total. The number of hydrogen-bond acceptors (Lipinski definition) is 4. The molecule has 184 valence electrons. The van der Waals surface area contributed by atoms with Crippen molar-refractivity contribution in [1.29, 1.82) is 0 Å². The Balaban J connectivity index is 1.47. The Morgan fingerprint density at radius 2 is 1.91 bits per heavy atom. The minimum Gasteiger partial charge on any atom is -0.296 e. The number of hydrogen-bond donors (Lipinski definition) is 1. The summed E-state index contributed by atoms with van der Waals surface area (Å²) in [5.74, 6) is 3.46. The fraction of sp³-hybridized carbons (Fsp3) is 0.793. The third-order valence-corrected chi connectivity index (χ3v) is 11.0. The van der Waals surface area contributed by atoms with E-state index in [0.717, 1.165) is 67.8 Å². The highest BCUT2D eigenvalue weighted by molar-refractivity contribution is 5.91. The molecule has 0 aliphatic heterocycles. The van der Waals surface area contributed by atoms with Crippen LogP contribution in [-0.4, -0.2) is 17.0 Å². The van der Waals surface area contributed by atoms with E-state index in [0.29, 0.717) is 22.7 Å². The summed E-state index contributed by atoms with van der Waals surface area (Å²) in [6.45, 7) is 11.3. The van der Waals surface area contributed by atoms with Crippen molar-refractivity contribution in [2.24, 2.45) is 40.4 Å². The average molecular weight is 457 g/mol. The highest BCUT2D eigenvalue weighted by Gasteiger charge is 2.59. The van der Waals surface area contributed by atoms with Crippen LogP contribution in [0.25, 0.3) is 0 Å². The van der Waals surface area contributed by atoms with Crippen molar-refractivity contribution in [3.8, 4) is 0 Å². The quantitative estimate of drug-likeness (QED) is 0.259. The Morgan fingerprint density at radius 3 is 2.61 bits per heavy atom. The Bertz CT molecular complexity index is 854. The maximum atomic E-state index is 12.1. The maximum Gasteiger partial charge on any atom is 0.368 e. The van der Waals surface area contributed by atoms with Gasteiger partial charge in [-0.25, -0.2) is 4.79 Å². The molecule has 3 fully saturated rings. The first-order valence-electron chi connectivity index (χ1n) is 13.4. The molecule has 0 amide bonds. The number of carbonyl (C=O) groups is 2. The monoisotopic (exact) mass is 456 g/mol. The molecule has 4 rings (SSSR count). The van der Waals surface area contributed by atoms with Gasteiger partial charge in [-0.3, -0.25) is 9.68 Å². The Hall–Kier alpha value is -1.42. The van der Waals surface area contributed by atoms with E-state index < -0.39 is 5.97 Å². The lowest BCUT2D eigenvalue weighted by atomic mass is 9.46. The highest BCUT2D eigenvalue weighted by Crippen LogP contribution is 2.67. The van der Waals surface area contributed by atoms with E-state index in [-0.39, 0.29) is 5.41 Å². The zero-order valence-electron chi connectivity index (χ0n) is 21.4. The zero-order chi connectivity index (χ0) is 24.0. The summed E-state index contributed by atoms with van der Waals surface area (Å²) >= 11 is 0. The summed E-state index contributed by atoms with van der Waals surface area (Å²) in [4.78, 5) is 27.8. The van der Waals surface area contributed by atoms with Crippen LogP contribution in [0.4, 0.5) is 0 Å². The van der Waals surface area contributed by atoms with Crippen LogP contribution in [0.5, 0.6) is 0 Å². The van der Waals surface area contributed by atoms with Crippen LogP contribution in [0.15, 0.2) is 22.8 Å². The van der Waals surface area contributed by atoms with Crippen molar-refractivity contribution in [3.05, 3.63) is 22.8 Å². The Morgan fingerprint density at radius 1 is 1.15 bits per heavy atom. The largest absolute Gasteiger partial charge is 0.368 e. The molecule has 0 aromatic carbocycles. The van der Waals surface area contributed by atoms with E-state index in [4.69, 9.17) is 5.26 Å². The zero-order valence-corrected chi connectivity index (χ0v) is 21.4. The van der Waals surface area contributed by atoms with Crippen LogP contribution in [0.3, 0.4) is 0 Å². The fourth-order valence-corrected chi connectivity index (χ4v) is 8.98. The third-order valence-electron chi connectivity index (χ3n) is 11.0. The van der Waals surface area contributed by atoms with Crippen LogP contribution in [0, 0.1) is 40.4 Å². The number of allylic oxidation sites excluding steroid dienone is 2. The molecule has 0 aromatic rings. The molecule has 4 aliphatic rings. The smallest absolute Gasteiger partial charge is 0.296 e. The molecule has 1 N–H and O–H groups in total. The molecule has 0 spiro atoms. The Kier molecular flexibility index (Phi) is 6.98. The molecule has 0 unspecified atom stereocenters. The van der Waals surface area contributed by atoms with Gasteiger partial charge in [0.05, 0.1) is 0 Å². The van der Waals surface area contributed by atoms with Crippen LogP contribution < -0.4 is 0 Å². The van der Waals surface area contributed by atoms with Crippen molar-refractivity contribution >= 4 is 11.8 Å². The predicted molar refractivity (Wildman–Crippen MR) is 130 cm³/mol. The molecule has 0 aromatic heterocycles. The molecule has 7 atom stereocenters. The number of ketones is 1. The van der Waals surface area contributed by atoms with E-state index in [1.807, 2.05) is 6.08 Å². The maximum absolute atomic E-state index is 12.1. The minimum absolute atomic E-state index is 0.252. The minimum atomic E-state index is -0.616. The molecule has 0 bridgehead atoms. The lowest BCUT2D eigenvalue weighted by molar-refractivity contribution is -0.229. The molecular formula is C29H44O4. The van der Waals surface area contributed by atoms with Gasteiger partial charge in [0, 0.05) is 12.0 Å². The standard InChI is InChI=1S/C29H44O4/c1-6-20(19(3)27(31)33-32)8-7-18(2)24-11-12-25-23-10-9-21-17-22(30)13-15-28(21,4)26(23)14-16-29(24,25)5/h17-18,23-26,32H,6-16H2,1-5H3/t18-,23+,24-,25+,26+,28+,29-/m1/s1. The molecule has 0 saturated heterocycles. The summed E-state index contributed by atoms with van der Waals surface area (Å²) < 4.78 is 0. The summed E-state index contributed by atoms with van der Waals surface area (Å²) in [5.41, 5.74) is 3.80. The fourth-order valence-electron chi connectivity index (χ4n) is 8.98. The summed E-state index contributed by atoms with van der Waals surface area (Å²) in [5, 5.41) is 8.76. The molecule has 33 heavy (non-hydrogen) atoms. The first-order valence-corrected chi connectivity index (χ1v) is 13.4. The second-order valence-electron chi connectivity index (χ2n) is 12.2. The van der Waals surface area contributed by atoms with Gasteiger partial charge in [0.2, 0.25) is 0 Å². The summed E-state index contributed by atoms with van der Waals surface area (Å²) in [7, 11) is 0. The number of fused-ring (bicyclic) bond motifs is 5. The SMILES string of the molecule is CCC(CC[C@@H](C)[C@H]1CC[C@H]2[C@@H]3CCC4=CC(=O)CC[C@]4(C)[C@H]3CC[C@]12C)=C(C)C(=O)OO. The number of carbonyl (C=O) groups excluding carboxylic acids is 2. The topological polar surface area (TPSA) is 63.6 Å².